The van der Waals surface area contributed by atoms with Gasteiger partial charge in [0.1, 0.15) is 12.1 Å². The maximum absolute atomic E-state index is 11.4. The number of carbonyl (C=O) groups is 1. The summed E-state index contributed by atoms with van der Waals surface area (Å²) in [6, 6.07) is 3.23. The van der Waals surface area contributed by atoms with Crippen LogP contribution in [0.5, 0.6) is 0 Å². The molecule has 0 saturated carbocycles. The Labute approximate surface area is 96.8 Å². The van der Waals surface area contributed by atoms with Gasteiger partial charge < -0.3 is 4.74 Å². The van der Waals surface area contributed by atoms with E-state index in [1.54, 1.807) is 12.1 Å². The molecule has 0 N–H and O–H groups in total. The molecule has 1 atom stereocenters. The van der Waals surface area contributed by atoms with Crippen LogP contribution >= 0.6 is 0 Å². The number of hydrogen-bond acceptors (Lipinski definition) is 4. The van der Waals surface area contributed by atoms with Gasteiger partial charge in [-0.05, 0) is 12.3 Å². The van der Waals surface area contributed by atoms with Gasteiger partial charge in [0.25, 0.3) is 6.10 Å². The molecule has 0 aliphatic heterocycles. The zero-order valence-electron chi connectivity index (χ0n) is 9.90. The van der Waals surface area contributed by atoms with Crippen LogP contribution in [0, 0.1) is 28.6 Å². The SMILES string of the molecule is CCCCC(CC)CC(=O)OC(C#N)C#N. The van der Waals surface area contributed by atoms with Crippen molar-refractivity contribution < 1.29 is 9.53 Å². The van der Waals surface area contributed by atoms with Gasteiger partial charge >= 0.3 is 5.97 Å². The minimum atomic E-state index is -1.27. The molecule has 16 heavy (non-hydrogen) atoms. The Morgan fingerprint density at radius 3 is 2.38 bits per heavy atom. The van der Waals surface area contributed by atoms with Gasteiger partial charge in [-0.2, -0.15) is 10.5 Å². The summed E-state index contributed by atoms with van der Waals surface area (Å²) in [5.74, 6) is -0.151. The Kier molecular flexibility index (Phi) is 7.89. The van der Waals surface area contributed by atoms with Crippen molar-refractivity contribution in [1.29, 1.82) is 10.5 Å². The Hall–Kier alpha value is -1.55. The maximum atomic E-state index is 11.4. The monoisotopic (exact) mass is 222 g/mol. The van der Waals surface area contributed by atoms with Gasteiger partial charge in [0, 0.05) is 6.42 Å². The highest BCUT2D eigenvalue weighted by Gasteiger charge is 2.16. The first-order chi connectivity index (χ1) is 7.67. The summed E-state index contributed by atoms with van der Waals surface area (Å²) in [5, 5.41) is 16.9. The molecular weight excluding hydrogens is 204 g/mol. The van der Waals surface area contributed by atoms with Crippen molar-refractivity contribution in [2.45, 2.75) is 52.1 Å². The van der Waals surface area contributed by atoms with Crippen LogP contribution in [-0.4, -0.2) is 12.1 Å². The molecule has 0 fully saturated rings. The van der Waals surface area contributed by atoms with E-state index >= 15 is 0 Å². The molecule has 4 heteroatoms. The predicted octanol–water partition coefficient (Wildman–Crippen LogP) is 2.55. The number of ether oxygens (including phenoxy) is 1. The van der Waals surface area contributed by atoms with E-state index in [-0.39, 0.29) is 0 Å². The number of unbranched alkanes of at least 4 members (excludes halogenated alkanes) is 1. The molecule has 0 saturated heterocycles. The van der Waals surface area contributed by atoms with Crippen LogP contribution in [0.1, 0.15) is 46.0 Å². The highest BCUT2D eigenvalue weighted by Crippen LogP contribution is 2.17. The fraction of sp³-hybridized carbons (Fsp3) is 0.750. The van der Waals surface area contributed by atoms with E-state index in [0.717, 1.165) is 25.7 Å². The molecule has 0 amide bonds. The second-order valence-corrected chi connectivity index (χ2v) is 3.75. The largest absolute Gasteiger partial charge is 0.432 e. The molecule has 0 heterocycles. The smallest absolute Gasteiger partial charge is 0.308 e. The van der Waals surface area contributed by atoms with Crippen LogP contribution in [0.25, 0.3) is 0 Å². The fourth-order valence-electron chi connectivity index (χ4n) is 1.44. The summed E-state index contributed by atoms with van der Waals surface area (Å²) in [5.41, 5.74) is 0. The normalized spacial score (nSPS) is 11.6. The Morgan fingerprint density at radius 1 is 1.31 bits per heavy atom. The molecule has 0 radical (unpaired) electrons. The van der Waals surface area contributed by atoms with Crippen molar-refractivity contribution >= 4 is 5.97 Å². The lowest BCUT2D eigenvalue weighted by molar-refractivity contribution is -0.145. The Morgan fingerprint density at radius 2 is 1.94 bits per heavy atom. The van der Waals surface area contributed by atoms with E-state index < -0.39 is 12.1 Å². The summed E-state index contributed by atoms with van der Waals surface area (Å²) in [6.07, 6.45) is 3.13. The molecule has 4 nitrogen and oxygen atoms in total. The zero-order valence-corrected chi connectivity index (χ0v) is 9.90. The molecule has 0 aliphatic rings. The lowest BCUT2D eigenvalue weighted by Gasteiger charge is -2.13. The van der Waals surface area contributed by atoms with E-state index in [9.17, 15) is 4.79 Å². The molecular formula is C12H18N2O2. The topological polar surface area (TPSA) is 73.9 Å². The van der Waals surface area contributed by atoms with Crippen molar-refractivity contribution in [2.75, 3.05) is 0 Å². The van der Waals surface area contributed by atoms with Gasteiger partial charge in [-0.1, -0.05) is 33.1 Å². The van der Waals surface area contributed by atoms with E-state index in [1.807, 2.05) is 6.92 Å². The predicted molar refractivity (Wildman–Crippen MR) is 59.0 cm³/mol. The third-order valence-corrected chi connectivity index (χ3v) is 2.48. The van der Waals surface area contributed by atoms with Crippen molar-refractivity contribution in [3.8, 4) is 12.1 Å². The van der Waals surface area contributed by atoms with Crippen LogP contribution in [-0.2, 0) is 9.53 Å². The van der Waals surface area contributed by atoms with Gasteiger partial charge in [0.05, 0.1) is 0 Å². The number of carbonyl (C=O) groups excluding carboxylic acids is 1. The first kappa shape index (κ1) is 14.5. The molecule has 0 aliphatic carbocycles. The highest BCUT2D eigenvalue weighted by molar-refractivity contribution is 5.70. The second kappa shape index (κ2) is 8.73. The summed E-state index contributed by atoms with van der Waals surface area (Å²) >= 11 is 0. The molecule has 88 valence electrons. The summed E-state index contributed by atoms with van der Waals surface area (Å²) in [4.78, 5) is 11.4. The molecule has 1 unspecified atom stereocenters. The molecule has 0 aromatic heterocycles. The Bertz CT molecular complexity index is 274. The quantitative estimate of drug-likeness (QED) is 0.620. The lowest BCUT2D eigenvalue weighted by atomic mass is 9.96. The van der Waals surface area contributed by atoms with Gasteiger partial charge in [-0.15, -0.1) is 0 Å². The second-order valence-electron chi connectivity index (χ2n) is 3.75. The number of nitrogens with zero attached hydrogens (tertiary/aromatic N) is 2. The summed E-state index contributed by atoms with van der Waals surface area (Å²) in [7, 11) is 0. The van der Waals surface area contributed by atoms with Gasteiger partial charge in [0.2, 0.25) is 0 Å². The van der Waals surface area contributed by atoms with Gasteiger partial charge in [-0.25, -0.2) is 0 Å². The van der Waals surface area contributed by atoms with Crippen LogP contribution in [0.15, 0.2) is 0 Å². The third kappa shape index (κ3) is 6.03. The average molecular weight is 222 g/mol. The van der Waals surface area contributed by atoms with Crippen molar-refractivity contribution in [3.63, 3.8) is 0 Å². The molecule has 0 rings (SSSR count). The molecule has 0 aromatic rings. The van der Waals surface area contributed by atoms with Crippen LogP contribution in [0.2, 0.25) is 0 Å². The molecule has 0 spiro atoms. The highest BCUT2D eigenvalue weighted by atomic mass is 16.5. The first-order valence-corrected chi connectivity index (χ1v) is 5.66. The van der Waals surface area contributed by atoms with E-state index in [2.05, 4.69) is 6.92 Å². The Balaban J connectivity index is 4.02. The lowest BCUT2D eigenvalue weighted by Crippen LogP contribution is -2.17. The zero-order chi connectivity index (χ0) is 12.4. The van der Waals surface area contributed by atoms with Gasteiger partial charge in [0.15, 0.2) is 0 Å². The number of rotatable bonds is 7. The van der Waals surface area contributed by atoms with E-state index in [0.29, 0.717) is 12.3 Å². The molecule has 0 bridgehead atoms. The number of esters is 1. The molecule has 0 aromatic carbocycles. The van der Waals surface area contributed by atoms with E-state index in [1.165, 1.54) is 0 Å². The first-order valence-electron chi connectivity index (χ1n) is 5.66. The number of hydrogen-bond donors (Lipinski definition) is 0. The van der Waals surface area contributed by atoms with E-state index in [4.69, 9.17) is 15.3 Å². The average Bonchev–Trinajstić information content (AvgIpc) is 2.31. The van der Waals surface area contributed by atoms with Gasteiger partial charge in [-0.3, -0.25) is 4.79 Å². The third-order valence-electron chi connectivity index (χ3n) is 2.48. The van der Waals surface area contributed by atoms with Crippen molar-refractivity contribution in [3.05, 3.63) is 0 Å². The van der Waals surface area contributed by atoms with Crippen LogP contribution < -0.4 is 0 Å². The minimum Gasteiger partial charge on any atom is -0.432 e. The minimum absolute atomic E-state index is 0.297. The number of nitriles is 2. The summed E-state index contributed by atoms with van der Waals surface area (Å²) in [6.45, 7) is 4.13. The standard InChI is InChI=1S/C12H18N2O2/c1-3-5-6-10(4-2)7-12(15)16-11(8-13)9-14/h10-11H,3-7H2,1-2H3. The summed E-state index contributed by atoms with van der Waals surface area (Å²) < 4.78 is 4.70. The van der Waals surface area contributed by atoms with Crippen molar-refractivity contribution in [2.24, 2.45) is 5.92 Å². The van der Waals surface area contributed by atoms with Crippen LogP contribution in [0.4, 0.5) is 0 Å². The van der Waals surface area contributed by atoms with Crippen LogP contribution in [0.3, 0.4) is 0 Å². The van der Waals surface area contributed by atoms with Crippen molar-refractivity contribution in [1.82, 2.24) is 0 Å². The maximum Gasteiger partial charge on any atom is 0.308 e. The fourth-order valence-corrected chi connectivity index (χ4v) is 1.44.